The van der Waals surface area contributed by atoms with Crippen LogP contribution in [0.2, 0.25) is 5.02 Å². The van der Waals surface area contributed by atoms with Gasteiger partial charge in [0.2, 0.25) is 0 Å². The van der Waals surface area contributed by atoms with Gasteiger partial charge in [-0.2, -0.15) is 5.10 Å². The van der Waals surface area contributed by atoms with Crippen molar-refractivity contribution in [1.29, 1.82) is 0 Å². The molecule has 1 aromatic carbocycles. The van der Waals surface area contributed by atoms with Gasteiger partial charge in [-0.3, -0.25) is 14.4 Å². The molecule has 3 heterocycles. The molecule has 1 aromatic heterocycles. The molecule has 0 radical (unpaired) electrons. The number of rotatable bonds is 7. The molecule has 1 amide bonds. The Kier molecular flexibility index (Phi) is 7.04. The van der Waals surface area contributed by atoms with Crippen molar-refractivity contribution in [2.75, 3.05) is 52.6 Å². The van der Waals surface area contributed by atoms with Gasteiger partial charge >= 0.3 is 0 Å². The fourth-order valence-electron chi connectivity index (χ4n) is 4.17. The van der Waals surface area contributed by atoms with Crippen LogP contribution in [0.4, 0.5) is 0 Å². The monoisotopic (exact) mass is 432 g/mol. The SMILES string of the molecule is O=C(NCC1(CN2CCOCC2)CCOCC1)c1ccc(Cn2cc(Cl)cn2)cc1. The van der Waals surface area contributed by atoms with Gasteiger partial charge in [-0.05, 0) is 30.5 Å². The average molecular weight is 433 g/mol. The molecular weight excluding hydrogens is 404 g/mol. The first-order valence-corrected chi connectivity index (χ1v) is 10.9. The Morgan fingerprint density at radius 1 is 1.10 bits per heavy atom. The van der Waals surface area contributed by atoms with Gasteiger partial charge in [-0.15, -0.1) is 0 Å². The third-order valence-electron chi connectivity index (χ3n) is 6.00. The van der Waals surface area contributed by atoms with E-state index in [0.29, 0.717) is 23.7 Å². The smallest absolute Gasteiger partial charge is 0.251 e. The van der Waals surface area contributed by atoms with Gasteiger partial charge in [0.1, 0.15) is 0 Å². The maximum absolute atomic E-state index is 12.8. The second-order valence-corrected chi connectivity index (χ2v) is 8.67. The number of benzene rings is 1. The molecule has 2 aliphatic heterocycles. The summed E-state index contributed by atoms with van der Waals surface area (Å²) < 4.78 is 12.9. The Labute approximate surface area is 182 Å². The Balaban J connectivity index is 1.34. The largest absolute Gasteiger partial charge is 0.381 e. The van der Waals surface area contributed by atoms with E-state index in [0.717, 1.165) is 64.5 Å². The van der Waals surface area contributed by atoms with E-state index in [4.69, 9.17) is 21.1 Å². The fraction of sp³-hybridized carbons (Fsp3) is 0.545. The van der Waals surface area contributed by atoms with Crippen LogP contribution in [-0.2, 0) is 16.0 Å². The summed E-state index contributed by atoms with van der Waals surface area (Å²) >= 11 is 5.91. The van der Waals surface area contributed by atoms with Crippen LogP contribution in [0.15, 0.2) is 36.7 Å². The van der Waals surface area contributed by atoms with Crippen LogP contribution in [0.25, 0.3) is 0 Å². The van der Waals surface area contributed by atoms with Crippen molar-refractivity contribution in [2.45, 2.75) is 19.4 Å². The number of nitrogens with one attached hydrogen (secondary N) is 1. The summed E-state index contributed by atoms with van der Waals surface area (Å²) in [4.78, 5) is 15.2. The molecule has 2 fully saturated rings. The van der Waals surface area contributed by atoms with Gasteiger partial charge in [0, 0.05) is 56.6 Å². The molecule has 0 spiro atoms. The van der Waals surface area contributed by atoms with Crippen LogP contribution in [-0.4, -0.2) is 73.2 Å². The lowest BCUT2D eigenvalue weighted by atomic mass is 9.79. The molecule has 2 aliphatic rings. The molecule has 7 nitrogen and oxygen atoms in total. The number of carbonyl (C=O) groups is 1. The molecule has 0 atom stereocenters. The zero-order valence-electron chi connectivity index (χ0n) is 17.2. The van der Waals surface area contributed by atoms with E-state index in [9.17, 15) is 4.79 Å². The second kappa shape index (κ2) is 9.92. The van der Waals surface area contributed by atoms with E-state index < -0.39 is 0 Å². The minimum atomic E-state index is -0.0310. The van der Waals surface area contributed by atoms with Crippen molar-refractivity contribution in [2.24, 2.45) is 5.41 Å². The van der Waals surface area contributed by atoms with Crippen molar-refractivity contribution in [1.82, 2.24) is 20.0 Å². The number of morpholine rings is 1. The van der Waals surface area contributed by atoms with Gasteiger partial charge < -0.3 is 14.8 Å². The Bertz CT molecular complexity index is 827. The Hall–Kier alpha value is -1.93. The van der Waals surface area contributed by atoms with E-state index in [1.807, 2.05) is 24.3 Å². The summed E-state index contributed by atoms with van der Waals surface area (Å²) in [6.07, 6.45) is 5.34. The highest BCUT2D eigenvalue weighted by atomic mass is 35.5. The summed E-state index contributed by atoms with van der Waals surface area (Å²) in [5, 5.41) is 7.99. The maximum atomic E-state index is 12.8. The second-order valence-electron chi connectivity index (χ2n) is 8.24. The number of hydrogen-bond acceptors (Lipinski definition) is 5. The van der Waals surface area contributed by atoms with Crippen LogP contribution in [0.5, 0.6) is 0 Å². The highest BCUT2D eigenvalue weighted by Gasteiger charge is 2.35. The van der Waals surface area contributed by atoms with Crippen LogP contribution < -0.4 is 5.32 Å². The third kappa shape index (κ3) is 5.60. The molecule has 0 bridgehead atoms. The number of ether oxygens (including phenoxy) is 2. The standard InChI is InChI=1S/C22H29ClN4O3/c23-20-13-25-27(15-20)14-18-1-3-19(4-2-18)21(28)24-16-22(5-9-29-10-6-22)17-26-7-11-30-12-8-26/h1-4,13,15H,5-12,14,16-17H2,(H,24,28). The van der Waals surface area contributed by atoms with E-state index in [2.05, 4.69) is 15.3 Å². The fourth-order valence-corrected chi connectivity index (χ4v) is 4.33. The highest BCUT2D eigenvalue weighted by molar-refractivity contribution is 6.30. The molecule has 2 aromatic rings. The minimum absolute atomic E-state index is 0.0310. The first kappa shape index (κ1) is 21.3. The van der Waals surface area contributed by atoms with E-state index in [1.165, 1.54) is 0 Å². The zero-order chi connectivity index (χ0) is 20.8. The van der Waals surface area contributed by atoms with Crippen LogP contribution in [0.1, 0.15) is 28.8 Å². The molecule has 0 unspecified atom stereocenters. The number of aromatic nitrogens is 2. The Morgan fingerprint density at radius 2 is 1.80 bits per heavy atom. The zero-order valence-corrected chi connectivity index (χ0v) is 17.9. The molecular formula is C22H29ClN4O3. The van der Waals surface area contributed by atoms with E-state index in [1.54, 1.807) is 17.1 Å². The lowest BCUT2D eigenvalue weighted by molar-refractivity contribution is -0.0283. The van der Waals surface area contributed by atoms with Crippen molar-refractivity contribution < 1.29 is 14.3 Å². The molecule has 2 saturated heterocycles. The quantitative estimate of drug-likeness (QED) is 0.727. The van der Waals surface area contributed by atoms with E-state index in [-0.39, 0.29) is 11.3 Å². The number of amides is 1. The predicted molar refractivity (Wildman–Crippen MR) is 115 cm³/mol. The Morgan fingerprint density at radius 3 is 2.47 bits per heavy atom. The van der Waals surface area contributed by atoms with Gasteiger partial charge in [0.15, 0.2) is 0 Å². The van der Waals surface area contributed by atoms with Crippen molar-refractivity contribution in [3.05, 3.63) is 52.8 Å². The van der Waals surface area contributed by atoms with Crippen LogP contribution in [0.3, 0.4) is 0 Å². The maximum Gasteiger partial charge on any atom is 0.251 e. The topological polar surface area (TPSA) is 68.6 Å². The van der Waals surface area contributed by atoms with Crippen molar-refractivity contribution in [3.8, 4) is 0 Å². The number of halogens is 1. The van der Waals surface area contributed by atoms with Gasteiger partial charge in [0.25, 0.3) is 5.91 Å². The molecule has 4 rings (SSSR count). The van der Waals surface area contributed by atoms with Crippen molar-refractivity contribution in [3.63, 3.8) is 0 Å². The number of hydrogen-bond donors (Lipinski definition) is 1. The average Bonchev–Trinajstić information content (AvgIpc) is 3.18. The van der Waals surface area contributed by atoms with Crippen LogP contribution in [0, 0.1) is 5.41 Å². The first-order valence-electron chi connectivity index (χ1n) is 10.5. The summed E-state index contributed by atoms with van der Waals surface area (Å²) in [6.45, 7) is 7.27. The van der Waals surface area contributed by atoms with E-state index >= 15 is 0 Å². The third-order valence-corrected chi connectivity index (χ3v) is 6.20. The summed E-state index contributed by atoms with van der Waals surface area (Å²) in [6, 6.07) is 7.66. The normalized spacial score (nSPS) is 19.5. The molecule has 162 valence electrons. The van der Waals surface area contributed by atoms with Gasteiger partial charge in [0.05, 0.1) is 31.0 Å². The summed E-state index contributed by atoms with van der Waals surface area (Å²) in [7, 11) is 0. The first-order chi connectivity index (χ1) is 14.6. The highest BCUT2D eigenvalue weighted by Crippen LogP contribution is 2.31. The summed E-state index contributed by atoms with van der Waals surface area (Å²) in [5.41, 5.74) is 1.80. The summed E-state index contributed by atoms with van der Waals surface area (Å²) in [5.74, 6) is -0.0310. The molecule has 30 heavy (non-hydrogen) atoms. The van der Waals surface area contributed by atoms with Crippen LogP contribution >= 0.6 is 11.6 Å². The minimum Gasteiger partial charge on any atom is -0.381 e. The molecule has 0 saturated carbocycles. The number of nitrogens with zero attached hydrogens (tertiary/aromatic N) is 3. The molecule has 1 N–H and O–H groups in total. The van der Waals surface area contributed by atoms with Crippen molar-refractivity contribution >= 4 is 17.5 Å². The lowest BCUT2D eigenvalue weighted by Crippen LogP contribution is -2.50. The number of carbonyl (C=O) groups excluding carboxylic acids is 1. The van der Waals surface area contributed by atoms with Gasteiger partial charge in [-0.25, -0.2) is 0 Å². The molecule has 8 heteroatoms. The molecule has 0 aliphatic carbocycles. The van der Waals surface area contributed by atoms with Gasteiger partial charge in [-0.1, -0.05) is 23.7 Å². The predicted octanol–water partition coefficient (Wildman–Crippen LogP) is 2.44. The lowest BCUT2D eigenvalue weighted by Gasteiger charge is -2.42.